The van der Waals surface area contributed by atoms with E-state index in [-0.39, 0.29) is 6.54 Å². The Bertz CT molecular complexity index is 609. The third kappa shape index (κ3) is 2.88. The highest BCUT2D eigenvalue weighted by molar-refractivity contribution is 5.90. The van der Waals surface area contributed by atoms with Gasteiger partial charge >= 0.3 is 0 Å². The van der Waals surface area contributed by atoms with Crippen molar-refractivity contribution < 1.29 is 4.79 Å². The lowest BCUT2D eigenvalue weighted by molar-refractivity contribution is -0.122. The minimum absolute atomic E-state index is 0.198. The lowest BCUT2D eigenvalue weighted by Crippen LogP contribution is -2.43. The number of rotatable bonds is 6. The Hall–Kier alpha value is -2.78. The van der Waals surface area contributed by atoms with E-state index in [0.29, 0.717) is 6.42 Å². The fourth-order valence-electron chi connectivity index (χ4n) is 2.57. The topological polar surface area (TPSA) is 91.8 Å². The molecule has 21 heavy (non-hydrogen) atoms. The highest BCUT2D eigenvalue weighted by Crippen LogP contribution is 2.35. The van der Waals surface area contributed by atoms with E-state index in [2.05, 4.69) is 10.0 Å². The van der Waals surface area contributed by atoms with Gasteiger partial charge in [0.1, 0.15) is 0 Å². The summed E-state index contributed by atoms with van der Waals surface area (Å²) in [5, 5.41) is 3.56. The summed E-state index contributed by atoms with van der Waals surface area (Å²) in [7, 11) is 0. The molecule has 2 N–H and O–H groups in total. The molecule has 2 rings (SSSR count). The van der Waals surface area contributed by atoms with E-state index in [4.69, 9.17) is 11.3 Å². The monoisotopic (exact) mass is 280 g/mol. The molecule has 0 fully saturated rings. The number of amides is 1. The molecule has 0 unspecified atom stereocenters. The van der Waals surface area contributed by atoms with Crippen LogP contribution in [0.1, 0.15) is 17.5 Å². The van der Waals surface area contributed by atoms with E-state index in [9.17, 15) is 4.79 Å². The number of hydrogen-bond acceptors (Lipinski definition) is 2. The Kier molecular flexibility index (Phi) is 4.59. The van der Waals surface area contributed by atoms with E-state index in [1.165, 1.54) is 0 Å². The van der Waals surface area contributed by atoms with Crippen LogP contribution in [0.4, 0.5) is 0 Å². The maximum absolute atomic E-state index is 12.3. The van der Waals surface area contributed by atoms with Crippen molar-refractivity contribution in [2.75, 3.05) is 6.54 Å². The molecule has 1 amide bonds. The molecule has 0 heterocycles. The summed E-state index contributed by atoms with van der Waals surface area (Å²) in [6, 6.07) is 18.7. The van der Waals surface area contributed by atoms with Crippen molar-refractivity contribution in [3.63, 3.8) is 0 Å². The number of carbonyl (C=O) groups is 1. The lowest BCUT2D eigenvalue weighted by atomic mass is 9.71. The predicted octanol–water partition coefficient (Wildman–Crippen LogP) is 3.16. The molecule has 0 saturated heterocycles. The molecule has 5 nitrogen and oxygen atoms in total. The summed E-state index contributed by atoms with van der Waals surface area (Å²) in [4.78, 5) is 15.1. The zero-order valence-electron chi connectivity index (χ0n) is 11.5. The van der Waals surface area contributed by atoms with Crippen molar-refractivity contribution in [2.24, 2.45) is 10.8 Å². The fourth-order valence-corrected chi connectivity index (χ4v) is 2.57. The van der Waals surface area contributed by atoms with E-state index in [1.54, 1.807) is 0 Å². The number of nitrogens with two attached hydrogens (primary N) is 1. The fraction of sp³-hybridized carbons (Fsp3) is 0.188. The molecule has 5 heteroatoms. The minimum Gasteiger partial charge on any atom is -0.369 e. The smallest absolute Gasteiger partial charge is 0.232 e. The van der Waals surface area contributed by atoms with Crippen LogP contribution in [-0.4, -0.2) is 12.5 Å². The first-order chi connectivity index (χ1) is 10.2. The number of hydrogen-bond donors (Lipinski definition) is 1. The summed E-state index contributed by atoms with van der Waals surface area (Å²) >= 11 is 0. The first-order valence-corrected chi connectivity index (χ1v) is 6.63. The SMILES string of the molecule is [N-]=[N+]=NCCC(C(N)=O)(c1ccccc1)c1ccccc1. The largest absolute Gasteiger partial charge is 0.369 e. The molecule has 0 radical (unpaired) electrons. The van der Waals surface area contributed by atoms with E-state index < -0.39 is 11.3 Å². The summed E-state index contributed by atoms with van der Waals surface area (Å²) in [5.41, 5.74) is 14.8. The van der Waals surface area contributed by atoms with Crippen molar-refractivity contribution in [3.8, 4) is 0 Å². The number of azide groups is 1. The molecule has 0 aromatic heterocycles. The average molecular weight is 280 g/mol. The third-order valence-corrected chi connectivity index (χ3v) is 3.60. The van der Waals surface area contributed by atoms with Crippen molar-refractivity contribution in [3.05, 3.63) is 82.2 Å². The Morgan fingerprint density at radius 3 is 1.90 bits per heavy atom. The van der Waals surface area contributed by atoms with E-state index >= 15 is 0 Å². The summed E-state index contributed by atoms with van der Waals surface area (Å²) in [6.07, 6.45) is 0.334. The van der Waals surface area contributed by atoms with Crippen LogP contribution in [0.5, 0.6) is 0 Å². The van der Waals surface area contributed by atoms with Gasteiger partial charge in [0.15, 0.2) is 0 Å². The van der Waals surface area contributed by atoms with Gasteiger partial charge in [-0.2, -0.15) is 0 Å². The molecule has 0 aliphatic heterocycles. The van der Waals surface area contributed by atoms with Gasteiger partial charge in [0, 0.05) is 11.5 Å². The highest BCUT2D eigenvalue weighted by atomic mass is 16.1. The maximum atomic E-state index is 12.3. The zero-order chi connectivity index (χ0) is 15.1. The number of carbonyl (C=O) groups excluding carboxylic acids is 1. The quantitative estimate of drug-likeness (QED) is 0.491. The van der Waals surface area contributed by atoms with Crippen molar-refractivity contribution in [1.29, 1.82) is 0 Å². The van der Waals surface area contributed by atoms with Gasteiger partial charge in [-0.25, -0.2) is 0 Å². The first-order valence-electron chi connectivity index (χ1n) is 6.63. The number of benzene rings is 2. The highest BCUT2D eigenvalue weighted by Gasteiger charge is 2.39. The molecule has 0 spiro atoms. The average Bonchev–Trinajstić information content (AvgIpc) is 2.53. The van der Waals surface area contributed by atoms with Crippen molar-refractivity contribution in [1.82, 2.24) is 0 Å². The number of nitrogens with zero attached hydrogens (tertiary/aromatic N) is 3. The summed E-state index contributed by atoms with van der Waals surface area (Å²) in [6.45, 7) is 0.198. The predicted molar refractivity (Wildman–Crippen MR) is 81.5 cm³/mol. The van der Waals surface area contributed by atoms with Crippen LogP contribution < -0.4 is 5.73 Å². The van der Waals surface area contributed by atoms with Crippen LogP contribution in [0.3, 0.4) is 0 Å². The van der Waals surface area contributed by atoms with Crippen LogP contribution >= 0.6 is 0 Å². The third-order valence-electron chi connectivity index (χ3n) is 3.60. The van der Waals surface area contributed by atoms with E-state index in [1.807, 2.05) is 60.7 Å². The van der Waals surface area contributed by atoms with Gasteiger partial charge in [0.25, 0.3) is 0 Å². The van der Waals surface area contributed by atoms with Gasteiger partial charge in [0.05, 0.1) is 5.41 Å². The second kappa shape index (κ2) is 6.59. The molecule has 0 aliphatic rings. The van der Waals surface area contributed by atoms with Gasteiger partial charge < -0.3 is 5.73 Å². The van der Waals surface area contributed by atoms with Crippen LogP contribution in [0, 0.1) is 0 Å². The van der Waals surface area contributed by atoms with E-state index in [0.717, 1.165) is 11.1 Å². The minimum atomic E-state index is -0.989. The lowest BCUT2D eigenvalue weighted by Gasteiger charge is -2.31. The summed E-state index contributed by atoms with van der Waals surface area (Å²) in [5.74, 6) is -0.451. The standard InChI is InChI=1S/C16H16N4O/c17-15(21)16(11-12-19-20-18,13-7-3-1-4-8-13)14-9-5-2-6-10-14/h1-10H,11-12H2,(H2,17,21). The Morgan fingerprint density at radius 2 is 1.52 bits per heavy atom. The van der Waals surface area contributed by atoms with Crippen LogP contribution in [0.25, 0.3) is 10.4 Å². The number of primary amides is 1. The summed E-state index contributed by atoms with van der Waals surface area (Å²) < 4.78 is 0. The Morgan fingerprint density at radius 1 is 1.05 bits per heavy atom. The molecule has 0 bridgehead atoms. The van der Waals surface area contributed by atoms with Crippen LogP contribution in [0.2, 0.25) is 0 Å². The van der Waals surface area contributed by atoms with Gasteiger partial charge in [0.2, 0.25) is 5.91 Å². The molecule has 2 aromatic carbocycles. The molecule has 0 atom stereocenters. The van der Waals surface area contributed by atoms with Crippen LogP contribution in [0.15, 0.2) is 65.8 Å². The Labute approximate surface area is 123 Å². The molecule has 2 aromatic rings. The second-order valence-electron chi connectivity index (χ2n) is 4.71. The van der Waals surface area contributed by atoms with Gasteiger partial charge in [-0.05, 0) is 23.1 Å². The van der Waals surface area contributed by atoms with Crippen molar-refractivity contribution >= 4 is 5.91 Å². The first kappa shape index (κ1) is 14.6. The van der Waals surface area contributed by atoms with Gasteiger partial charge in [-0.15, -0.1) is 0 Å². The normalized spacial score (nSPS) is 10.7. The Balaban J connectivity index is 2.60. The van der Waals surface area contributed by atoms with Crippen LogP contribution in [-0.2, 0) is 10.2 Å². The molecule has 106 valence electrons. The second-order valence-corrected chi connectivity index (χ2v) is 4.71. The van der Waals surface area contributed by atoms with Gasteiger partial charge in [-0.3, -0.25) is 4.79 Å². The molecule has 0 saturated carbocycles. The zero-order valence-corrected chi connectivity index (χ0v) is 11.5. The maximum Gasteiger partial charge on any atom is 0.232 e. The molecular formula is C16H16N4O. The van der Waals surface area contributed by atoms with Gasteiger partial charge in [-0.1, -0.05) is 65.8 Å². The molecular weight excluding hydrogens is 264 g/mol. The molecule has 0 aliphatic carbocycles. The van der Waals surface area contributed by atoms with Crippen molar-refractivity contribution in [2.45, 2.75) is 11.8 Å².